The average molecular weight is 438 g/mol. The molecule has 3 amide bonds. The molecule has 12 nitrogen and oxygen atoms in total. The number of nitrogens with two attached hydrogens (primary N) is 1. The van der Waals surface area contributed by atoms with E-state index in [1.54, 1.807) is 30.3 Å². The fourth-order valence-electron chi connectivity index (χ4n) is 2.58. The third-order valence-electron chi connectivity index (χ3n) is 4.20. The van der Waals surface area contributed by atoms with Crippen LogP contribution in [-0.2, 0) is 30.4 Å². The standard InChI is InChI=1S/C19H26N4O8/c20-9-15(25)21-14(10-24)18(29)22-12(6-7-16(26)27)17(28)23-13(19(30)31)8-11-4-2-1-3-5-11/h1-5,12-14,24H,6-10,20H2,(H,21,25)(H,22,29)(H,23,28)(H,26,27)(H,30,31). The van der Waals surface area contributed by atoms with Gasteiger partial charge in [0.05, 0.1) is 13.2 Å². The summed E-state index contributed by atoms with van der Waals surface area (Å²) in [7, 11) is 0. The van der Waals surface area contributed by atoms with Crippen molar-refractivity contribution in [3.63, 3.8) is 0 Å². The molecule has 0 bridgehead atoms. The van der Waals surface area contributed by atoms with Gasteiger partial charge >= 0.3 is 11.9 Å². The largest absolute Gasteiger partial charge is 0.481 e. The van der Waals surface area contributed by atoms with Gasteiger partial charge < -0.3 is 37.0 Å². The van der Waals surface area contributed by atoms with Gasteiger partial charge in [0.2, 0.25) is 17.7 Å². The molecule has 8 N–H and O–H groups in total. The summed E-state index contributed by atoms with van der Waals surface area (Å²) >= 11 is 0. The van der Waals surface area contributed by atoms with Crippen LogP contribution in [-0.4, -0.2) is 76.3 Å². The monoisotopic (exact) mass is 438 g/mol. The van der Waals surface area contributed by atoms with Crippen molar-refractivity contribution in [2.24, 2.45) is 5.73 Å². The van der Waals surface area contributed by atoms with E-state index in [4.69, 9.17) is 10.8 Å². The summed E-state index contributed by atoms with van der Waals surface area (Å²) in [5.74, 6) is -5.15. The quantitative estimate of drug-likeness (QED) is 0.175. The molecule has 0 spiro atoms. The smallest absolute Gasteiger partial charge is 0.326 e. The van der Waals surface area contributed by atoms with E-state index < -0.39 is 67.4 Å². The number of carbonyl (C=O) groups excluding carboxylic acids is 3. The SMILES string of the molecule is NCC(=O)NC(CO)C(=O)NC(CCC(=O)O)C(=O)NC(Cc1ccccc1)C(=O)O. The van der Waals surface area contributed by atoms with E-state index in [0.717, 1.165) is 0 Å². The third kappa shape index (κ3) is 9.23. The van der Waals surface area contributed by atoms with Gasteiger partial charge in [-0.2, -0.15) is 0 Å². The highest BCUT2D eigenvalue weighted by molar-refractivity contribution is 5.93. The second kappa shape index (κ2) is 12.9. The van der Waals surface area contributed by atoms with E-state index in [0.29, 0.717) is 5.56 Å². The van der Waals surface area contributed by atoms with Gasteiger partial charge in [-0.3, -0.25) is 19.2 Å². The highest BCUT2D eigenvalue weighted by Crippen LogP contribution is 2.06. The Morgan fingerprint density at radius 2 is 1.45 bits per heavy atom. The molecule has 0 aliphatic carbocycles. The molecule has 12 heteroatoms. The number of rotatable bonds is 13. The molecule has 0 heterocycles. The van der Waals surface area contributed by atoms with Crippen LogP contribution in [0.5, 0.6) is 0 Å². The number of hydrogen-bond acceptors (Lipinski definition) is 7. The minimum atomic E-state index is -1.42. The normalized spacial score (nSPS) is 13.4. The van der Waals surface area contributed by atoms with Crippen LogP contribution in [0.1, 0.15) is 18.4 Å². The predicted molar refractivity (Wildman–Crippen MR) is 107 cm³/mol. The lowest BCUT2D eigenvalue weighted by Crippen LogP contribution is -2.57. The second-order valence-electron chi connectivity index (χ2n) is 6.59. The number of hydrogen-bond donors (Lipinski definition) is 7. The fraction of sp³-hybridized carbons (Fsp3) is 0.421. The summed E-state index contributed by atoms with van der Waals surface area (Å²) in [6.07, 6.45) is -0.866. The molecule has 3 unspecified atom stereocenters. The molecule has 0 saturated heterocycles. The highest BCUT2D eigenvalue weighted by atomic mass is 16.4. The third-order valence-corrected chi connectivity index (χ3v) is 4.20. The number of aliphatic hydroxyl groups excluding tert-OH is 1. The second-order valence-corrected chi connectivity index (χ2v) is 6.59. The maximum absolute atomic E-state index is 12.6. The fourth-order valence-corrected chi connectivity index (χ4v) is 2.58. The Morgan fingerprint density at radius 3 is 1.97 bits per heavy atom. The number of benzene rings is 1. The lowest BCUT2D eigenvalue weighted by molar-refractivity contribution is -0.143. The maximum Gasteiger partial charge on any atom is 0.326 e. The van der Waals surface area contributed by atoms with Crippen molar-refractivity contribution in [2.75, 3.05) is 13.2 Å². The van der Waals surface area contributed by atoms with Gasteiger partial charge in [0, 0.05) is 12.8 Å². The van der Waals surface area contributed by atoms with Gasteiger partial charge in [0.25, 0.3) is 0 Å². The van der Waals surface area contributed by atoms with E-state index in [1.807, 2.05) is 0 Å². The lowest BCUT2D eigenvalue weighted by Gasteiger charge is -2.23. The Morgan fingerprint density at radius 1 is 0.871 bits per heavy atom. The van der Waals surface area contributed by atoms with Gasteiger partial charge in [-0.1, -0.05) is 30.3 Å². The molecule has 1 rings (SSSR count). The van der Waals surface area contributed by atoms with E-state index in [1.165, 1.54) is 0 Å². The molecular weight excluding hydrogens is 412 g/mol. The van der Waals surface area contributed by atoms with E-state index in [9.17, 15) is 34.2 Å². The number of amides is 3. The first-order chi connectivity index (χ1) is 14.7. The first kappa shape index (κ1) is 25.5. The zero-order valence-electron chi connectivity index (χ0n) is 16.6. The number of carbonyl (C=O) groups is 5. The number of carboxylic acid groups (broad SMARTS) is 2. The summed E-state index contributed by atoms with van der Waals surface area (Å²) in [6, 6.07) is 4.35. The first-order valence-corrected chi connectivity index (χ1v) is 9.37. The van der Waals surface area contributed by atoms with E-state index >= 15 is 0 Å². The Labute approximate surface area is 177 Å². The molecular formula is C19H26N4O8. The minimum Gasteiger partial charge on any atom is -0.481 e. The van der Waals surface area contributed by atoms with Gasteiger partial charge in [-0.25, -0.2) is 4.79 Å². The zero-order chi connectivity index (χ0) is 23.4. The Hall–Kier alpha value is -3.51. The van der Waals surface area contributed by atoms with Crippen LogP contribution in [0.3, 0.4) is 0 Å². The van der Waals surface area contributed by atoms with Crippen LogP contribution in [0.2, 0.25) is 0 Å². The molecule has 0 radical (unpaired) electrons. The van der Waals surface area contributed by atoms with E-state index in [-0.39, 0.29) is 12.8 Å². The Balaban J connectivity index is 2.92. The summed E-state index contributed by atoms with van der Waals surface area (Å²) in [4.78, 5) is 58.8. The molecule has 0 saturated carbocycles. The van der Waals surface area contributed by atoms with Crippen LogP contribution in [0.25, 0.3) is 0 Å². The van der Waals surface area contributed by atoms with Crippen LogP contribution in [0.15, 0.2) is 30.3 Å². The van der Waals surface area contributed by atoms with Crippen LogP contribution >= 0.6 is 0 Å². The summed E-state index contributed by atoms with van der Waals surface area (Å²) in [6.45, 7) is -1.23. The number of carboxylic acids is 2. The highest BCUT2D eigenvalue weighted by Gasteiger charge is 2.29. The summed E-state index contributed by atoms with van der Waals surface area (Å²) in [5.41, 5.74) is 5.79. The van der Waals surface area contributed by atoms with Crippen molar-refractivity contribution < 1.29 is 39.3 Å². The van der Waals surface area contributed by atoms with Gasteiger partial charge in [0.15, 0.2) is 0 Å². The average Bonchev–Trinajstić information content (AvgIpc) is 2.74. The molecule has 1 aromatic carbocycles. The number of aliphatic hydroxyl groups is 1. The van der Waals surface area contributed by atoms with Gasteiger partial charge in [-0.05, 0) is 12.0 Å². The van der Waals surface area contributed by atoms with Crippen molar-refractivity contribution in [1.82, 2.24) is 16.0 Å². The lowest BCUT2D eigenvalue weighted by atomic mass is 10.0. The molecule has 3 atom stereocenters. The summed E-state index contributed by atoms with van der Waals surface area (Å²) in [5, 5.41) is 34.3. The van der Waals surface area contributed by atoms with Crippen LogP contribution < -0.4 is 21.7 Å². The Kier molecular flexibility index (Phi) is 10.6. The molecule has 1 aromatic rings. The molecule has 0 aromatic heterocycles. The summed E-state index contributed by atoms with van der Waals surface area (Å²) < 4.78 is 0. The van der Waals surface area contributed by atoms with E-state index in [2.05, 4.69) is 16.0 Å². The molecule has 170 valence electrons. The number of aliphatic carboxylic acids is 2. The maximum atomic E-state index is 12.6. The topological polar surface area (TPSA) is 208 Å². The number of nitrogens with one attached hydrogen (secondary N) is 3. The van der Waals surface area contributed by atoms with Gasteiger partial charge in [0.1, 0.15) is 18.1 Å². The Bertz CT molecular complexity index is 786. The van der Waals surface area contributed by atoms with Crippen molar-refractivity contribution in [1.29, 1.82) is 0 Å². The zero-order valence-corrected chi connectivity index (χ0v) is 16.6. The molecule has 0 aliphatic rings. The first-order valence-electron chi connectivity index (χ1n) is 9.37. The van der Waals surface area contributed by atoms with Gasteiger partial charge in [-0.15, -0.1) is 0 Å². The predicted octanol–water partition coefficient (Wildman–Crippen LogP) is -2.42. The molecule has 0 aliphatic heterocycles. The van der Waals surface area contributed by atoms with Crippen molar-refractivity contribution in [3.8, 4) is 0 Å². The minimum absolute atomic E-state index is 0.0344. The molecule has 0 fully saturated rings. The van der Waals surface area contributed by atoms with Crippen molar-refractivity contribution in [2.45, 2.75) is 37.4 Å². The van der Waals surface area contributed by atoms with Crippen LogP contribution in [0, 0.1) is 0 Å². The van der Waals surface area contributed by atoms with Crippen LogP contribution in [0.4, 0.5) is 0 Å². The van der Waals surface area contributed by atoms with Crippen molar-refractivity contribution in [3.05, 3.63) is 35.9 Å². The molecule has 31 heavy (non-hydrogen) atoms. The van der Waals surface area contributed by atoms with Crippen molar-refractivity contribution >= 4 is 29.7 Å².